The van der Waals surface area contributed by atoms with E-state index in [4.69, 9.17) is 4.74 Å². The summed E-state index contributed by atoms with van der Waals surface area (Å²) in [6.07, 6.45) is 0.0189. The third-order valence-electron chi connectivity index (χ3n) is 4.50. The number of carbonyl (C=O) groups excluding carboxylic acids is 1. The van der Waals surface area contributed by atoms with Gasteiger partial charge < -0.3 is 10.1 Å². The quantitative estimate of drug-likeness (QED) is 0.533. The molecule has 1 aromatic heterocycles. The molecule has 1 aliphatic rings. The summed E-state index contributed by atoms with van der Waals surface area (Å²) in [5.74, 6) is -0.452. The number of hydrogen-bond donors (Lipinski definition) is 2. The van der Waals surface area contributed by atoms with Gasteiger partial charge in [-0.15, -0.1) is 4.68 Å². The third-order valence-corrected chi connectivity index (χ3v) is 4.50. The van der Waals surface area contributed by atoms with Gasteiger partial charge in [-0.25, -0.2) is 4.79 Å². The van der Waals surface area contributed by atoms with Crippen LogP contribution in [0.25, 0.3) is 5.69 Å². The van der Waals surface area contributed by atoms with Crippen molar-refractivity contribution in [3.05, 3.63) is 75.7 Å². The Morgan fingerprint density at radius 3 is 2.33 bits per heavy atom. The number of hydrogen-bond acceptors (Lipinski definition) is 3. The molecule has 3 aromatic rings. The second-order valence-electron chi connectivity index (χ2n) is 6.81. The molecule has 1 unspecified atom stereocenters. The van der Waals surface area contributed by atoms with Crippen LogP contribution in [0.1, 0.15) is 21.6 Å². The summed E-state index contributed by atoms with van der Waals surface area (Å²) < 4.78 is 8.21. The molecule has 2 heterocycles. The van der Waals surface area contributed by atoms with Gasteiger partial charge in [-0.2, -0.15) is 0 Å². The van der Waals surface area contributed by atoms with Crippen LogP contribution in [0.5, 0.6) is 0 Å². The van der Waals surface area contributed by atoms with Crippen LogP contribution in [0.3, 0.4) is 0 Å². The van der Waals surface area contributed by atoms with Crippen LogP contribution in [0.15, 0.2) is 53.3 Å². The number of nitrogens with zero attached hydrogens (tertiary/aromatic N) is 2. The van der Waals surface area contributed by atoms with E-state index in [1.165, 1.54) is 4.68 Å². The number of aromatic amines is 1. The van der Waals surface area contributed by atoms with Crippen LogP contribution < -0.4 is 15.6 Å². The highest BCUT2D eigenvalue weighted by molar-refractivity contribution is 6.01. The molecule has 0 aliphatic carbocycles. The molecule has 2 N–H and O–H groups in total. The van der Waals surface area contributed by atoms with E-state index in [0.29, 0.717) is 24.5 Å². The number of benzene rings is 2. The number of epoxide rings is 1. The number of ether oxygens (including phenoxy) is 1. The molecule has 1 atom stereocenters. The summed E-state index contributed by atoms with van der Waals surface area (Å²) in [5, 5.41) is 5.81. The SMILES string of the molecule is Cc1ccc(NC(=O)c2c(=O)n(-c3ccc(C)cc3)[nH][n+]2CC2CO2)cc1. The predicted octanol–water partition coefficient (Wildman–Crippen LogP) is 1.72. The van der Waals surface area contributed by atoms with Crippen molar-refractivity contribution >= 4 is 11.6 Å². The van der Waals surface area contributed by atoms with Crippen LogP contribution in [0.2, 0.25) is 0 Å². The number of rotatable bonds is 5. The van der Waals surface area contributed by atoms with E-state index < -0.39 is 11.5 Å². The lowest BCUT2D eigenvalue weighted by Crippen LogP contribution is -2.46. The van der Waals surface area contributed by atoms with E-state index in [-0.39, 0.29) is 11.8 Å². The standard InChI is InChI=1S/C20H20N4O3/c1-13-3-7-15(8-4-13)21-19(25)18-20(26)24(16-9-5-14(2)6-10-16)22-23(18)11-17-12-27-17/h3-10,17H,11-12H2,1-2H3,(H-,21,22,25,26)/p+1. The van der Waals surface area contributed by atoms with Gasteiger partial charge in [0, 0.05) is 5.69 Å². The summed E-state index contributed by atoms with van der Waals surface area (Å²) in [5.41, 5.74) is 3.15. The maximum Gasteiger partial charge on any atom is 0.411 e. The molecule has 4 rings (SSSR count). The smallest absolute Gasteiger partial charge is 0.369 e. The van der Waals surface area contributed by atoms with Crippen LogP contribution in [0.4, 0.5) is 5.69 Å². The molecule has 1 fully saturated rings. The monoisotopic (exact) mass is 365 g/mol. The number of aromatic nitrogens is 3. The van der Waals surface area contributed by atoms with Gasteiger partial charge in [-0.3, -0.25) is 4.79 Å². The summed E-state index contributed by atoms with van der Waals surface area (Å²) in [7, 11) is 0. The summed E-state index contributed by atoms with van der Waals surface area (Å²) >= 11 is 0. The molecule has 138 valence electrons. The average Bonchev–Trinajstić information content (AvgIpc) is 3.40. The molecule has 7 heteroatoms. The molecule has 0 radical (unpaired) electrons. The van der Waals surface area contributed by atoms with E-state index >= 15 is 0 Å². The van der Waals surface area contributed by atoms with E-state index in [1.54, 1.807) is 4.68 Å². The second kappa shape index (κ2) is 6.85. The van der Waals surface area contributed by atoms with Gasteiger partial charge in [0.2, 0.25) is 0 Å². The Morgan fingerprint density at radius 2 is 1.74 bits per heavy atom. The maximum atomic E-state index is 13.0. The molecule has 1 aliphatic heterocycles. The van der Waals surface area contributed by atoms with Gasteiger partial charge in [0.05, 0.1) is 6.61 Å². The molecule has 2 aromatic carbocycles. The zero-order chi connectivity index (χ0) is 19.0. The fourth-order valence-corrected chi connectivity index (χ4v) is 2.86. The minimum absolute atomic E-state index is 0.0189. The minimum Gasteiger partial charge on any atom is -0.369 e. The topological polar surface area (TPSA) is 83.3 Å². The zero-order valence-electron chi connectivity index (χ0n) is 15.2. The molecule has 1 amide bonds. The molecule has 7 nitrogen and oxygen atoms in total. The fourth-order valence-electron chi connectivity index (χ4n) is 2.86. The molecular weight excluding hydrogens is 344 g/mol. The molecular formula is C20H21N4O3+. The summed E-state index contributed by atoms with van der Waals surface area (Å²) in [4.78, 5) is 25.8. The number of carbonyl (C=O) groups is 1. The van der Waals surface area contributed by atoms with Crippen molar-refractivity contribution in [2.24, 2.45) is 0 Å². The Bertz CT molecular complexity index is 1030. The van der Waals surface area contributed by atoms with Crippen LogP contribution in [-0.2, 0) is 11.3 Å². The number of amides is 1. The normalized spacial score (nSPS) is 15.6. The van der Waals surface area contributed by atoms with Crippen molar-refractivity contribution in [2.75, 3.05) is 11.9 Å². The first-order chi connectivity index (χ1) is 13.0. The van der Waals surface area contributed by atoms with Gasteiger partial charge >= 0.3 is 17.2 Å². The van der Waals surface area contributed by atoms with Crippen molar-refractivity contribution in [2.45, 2.75) is 26.5 Å². The highest BCUT2D eigenvalue weighted by Crippen LogP contribution is 2.11. The molecule has 0 bridgehead atoms. The van der Waals surface area contributed by atoms with Crippen molar-refractivity contribution in [1.82, 2.24) is 9.90 Å². The van der Waals surface area contributed by atoms with Gasteiger partial charge in [-0.05, 0) is 38.1 Å². The van der Waals surface area contributed by atoms with Gasteiger partial charge in [0.1, 0.15) is 12.6 Å². The lowest BCUT2D eigenvalue weighted by Gasteiger charge is -2.03. The van der Waals surface area contributed by atoms with Crippen LogP contribution >= 0.6 is 0 Å². The Balaban J connectivity index is 1.71. The maximum absolute atomic E-state index is 13.0. The molecule has 0 saturated carbocycles. The first-order valence-electron chi connectivity index (χ1n) is 8.83. The zero-order valence-corrected chi connectivity index (χ0v) is 15.2. The highest BCUT2D eigenvalue weighted by Gasteiger charge is 2.34. The van der Waals surface area contributed by atoms with Crippen molar-refractivity contribution in [3.63, 3.8) is 0 Å². The first kappa shape index (κ1) is 17.2. The second-order valence-corrected chi connectivity index (χ2v) is 6.81. The lowest BCUT2D eigenvalue weighted by molar-refractivity contribution is -0.757. The van der Waals surface area contributed by atoms with E-state index in [9.17, 15) is 9.59 Å². The Morgan fingerprint density at radius 1 is 1.15 bits per heavy atom. The molecule has 27 heavy (non-hydrogen) atoms. The number of anilines is 1. The fraction of sp³-hybridized carbons (Fsp3) is 0.250. The number of nitrogens with one attached hydrogen (secondary N) is 2. The predicted molar refractivity (Wildman–Crippen MR) is 100 cm³/mol. The summed E-state index contributed by atoms with van der Waals surface area (Å²) in [6, 6.07) is 15.0. The lowest BCUT2D eigenvalue weighted by atomic mass is 10.2. The minimum atomic E-state index is -0.452. The van der Waals surface area contributed by atoms with Gasteiger partial charge in [-0.1, -0.05) is 45.3 Å². The molecule has 1 saturated heterocycles. The van der Waals surface area contributed by atoms with E-state index in [0.717, 1.165) is 11.1 Å². The van der Waals surface area contributed by atoms with E-state index in [2.05, 4.69) is 10.5 Å². The van der Waals surface area contributed by atoms with Gasteiger partial charge in [0.25, 0.3) is 0 Å². The Hall–Kier alpha value is -3.19. The average molecular weight is 365 g/mol. The largest absolute Gasteiger partial charge is 0.411 e. The molecule has 0 spiro atoms. The number of H-pyrrole nitrogens is 1. The first-order valence-corrected chi connectivity index (χ1v) is 8.83. The van der Waals surface area contributed by atoms with E-state index in [1.807, 2.05) is 62.4 Å². The number of aryl methyl sites for hydroxylation is 2. The summed E-state index contributed by atoms with van der Waals surface area (Å²) in [6.45, 7) is 5.00. The highest BCUT2D eigenvalue weighted by atomic mass is 16.6. The Kier molecular flexibility index (Phi) is 4.37. The van der Waals surface area contributed by atoms with Crippen LogP contribution in [-0.4, -0.2) is 28.5 Å². The Labute approximate surface area is 156 Å². The van der Waals surface area contributed by atoms with Gasteiger partial charge in [0.15, 0.2) is 5.69 Å². The van der Waals surface area contributed by atoms with Crippen molar-refractivity contribution < 1.29 is 14.2 Å². The van der Waals surface area contributed by atoms with Crippen molar-refractivity contribution in [1.29, 1.82) is 0 Å². The van der Waals surface area contributed by atoms with Crippen LogP contribution in [0, 0.1) is 13.8 Å². The van der Waals surface area contributed by atoms with Crippen molar-refractivity contribution in [3.8, 4) is 5.69 Å². The third kappa shape index (κ3) is 3.68.